The number of amides is 1. The molecule has 0 bridgehead atoms. The first kappa shape index (κ1) is 12.4. The van der Waals surface area contributed by atoms with Gasteiger partial charge in [-0.15, -0.1) is 0 Å². The fourth-order valence-corrected chi connectivity index (χ4v) is 2.37. The molecule has 0 fully saturated rings. The summed E-state index contributed by atoms with van der Waals surface area (Å²) >= 11 is 1.01. The van der Waals surface area contributed by atoms with E-state index in [1.54, 1.807) is 48.5 Å². The summed E-state index contributed by atoms with van der Waals surface area (Å²) < 4.78 is 0. The molecule has 18 heavy (non-hydrogen) atoms. The minimum absolute atomic E-state index is 0.107. The number of nitrogens with two attached hydrogens (primary N) is 1. The van der Waals surface area contributed by atoms with E-state index < -0.39 is 5.91 Å². The number of carbonyl (C=O) groups excluding carboxylic acids is 2. The van der Waals surface area contributed by atoms with Crippen LogP contribution in [0.5, 0.6) is 0 Å². The normalized spacial score (nSPS) is 10.0. The summed E-state index contributed by atoms with van der Waals surface area (Å²) in [6.07, 6.45) is 0. The average Bonchev–Trinajstić information content (AvgIpc) is 2.40. The molecular weight excluding hydrogens is 246 g/mol. The Kier molecular flexibility index (Phi) is 3.79. The first-order valence-electron chi connectivity index (χ1n) is 5.34. The zero-order valence-corrected chi connectivity index (χ0v) is 10.3. The maximum absolute atomic E-state index is 12.0. The van der Waals surface area contributed by atoms with Crippen LogP contribution < -0.4 is 5.73 Å². The minimum atomic E-state index is -0.529. The zero-order chi connectivity index (χ0) is 13.0. The fourth-order valence-electron chi connectivity index (χ4n) is 1.49. The maximum Gasteiger partial charge on any atom is 0.249 e. The summed E-state index contributed by atoms with van der Waals surface area (Å²) in [6.45, 7) is 0. The molecule has 1 amide bonds. The SMILES string of the molecule is NC(=O)c1ccccc1SC(=O)c1ccccc1. The van der Waals surface area contributed by atoms with Crippen molar-refractivity contribution in [3.8, 4) is 0 Å². The third kappa shape index (κ3) is 2.78. The van der Waals surface area contributed by atoms with Crippen molar-refractivity contribution in [3.63, 3.8) is 0 Å². The summed E-state index contributed by atoms with van der Waals surface area (Å²) in [6, 6.07) is 15.7. The van der Waals surface area contributed by atoms with Crippen LogP contribution in [0.4, 0.5) is 0 Å². The van der Waals surface area contributed by atoms with E-state index in [4.69, 9.17) is 5.73 Å². The van der Waals surface area contributed by atoms with Gasteiger partial charge in [0.05, 0.1) is 5.56 Å². The monoisotopic (exact) mass is 257 g/mol. The summed E-state index contributed by atoms with van der Waals surface area (Å²) in [5.41, 5.74) is 6.23. The van der Waals surface area contributed by atoms with Crippen molar-refractivity contribution < 1.29 is 9.59 Å². The van der Waals surface area contributed by atoms with Crippen molar-refractivity contribution >= 4 is 22.8 Å². The molecule has 0 heterocycles. The largest absolute Gasteiger partial charge is 0.366 e. The van der Waals surface area contributed by atoms with Gasteiger partial charge in [0.2, 0.25) is 11.0 Å². The summed E-state index contributed by atoms with van der Waals surface area (Å²) in [4.78, 5) is 23.8. The Morgan fingerprint density at radius 2 is 1.50 bits per heavy atom. The molecule has 2 aromatic carbocycles. The van der Waals surface area contributed by atoms with Crippen molar-refractivity contribution in [3.05, 3.63) is 65.7 Å². The molecule has 90 valence electrons. The van der Waals surface area contributed by atoms with E-state index in [0.29, 0.717) is 16.0 Å². The van der Waals surface area contributed by atoms with Gasteiger partial charge in [0.15, 0.2) is 0 Å². The second kappa shape index (κ2) is 5.51. The highest BCUT2D eigenvalue weighted by atomic mass is 32.2. The number of thioether (sulfide) groups is 1. The zero-order valence-electron chi connectivity index (χ0n) is 9.50. The predicted molar refractivity (Wildman–Crippen MR) is 71.6 cm³/mol. The lowest BCUT2D eigenvalue weighted by Gasteiger charge is -2.05. The maximum atomic E-state index is 12.0. The van der Waals surface area contributed by atoms with E-state index in [-0.39, 0.29) is 5.12 Å². The van der Waals surface area contributed by atoms with Gasteiger partial charge in [-0.1, -0.05) is 42.5 Å². The summed E-state index contributed by atoms with van der Waals surface area (Å²) in [5.74, 6) is -0.529. The van der Waals surface area contributed by atoms with Gasteiger partial charge < -0.3 is 5.73 Å². The van der Waals surface area contributed by atoms with Gasteiger partial charge in [-0.25, -0.2) is 0 Å². The van der Waals surface area contributed by atoms with Crippen molar-refractivity contribution in [2.45, 2.75) is 4.90 Å². The Bertz CT molecular complexity index is 581. The molecule has 0 saturated heterocycles. The summed E-state index contributed by atoms with van der Waals surface area (Å²) in [5, 5.41) is -0.107. The number of primary amides is 1. The molecular formula is C14H11NO2S. The molecule has 0 aliphatic carbocycles. The molecule has 2 N–H and O–H groups in total. The van der Waals surface area contributed by atoms with Gasteiger partial charge in [0.25, 0.3) is 0 Å². The number of hydrogen-bond acceptors (Lipinski definition) is 3. The lowest BCUT2D eigenvalue weighted by atomic mass is 10.2. The van der Waals surface area contributed by atoms with Crippen molar-refractivity contribution in [2.75, 3.05) is 0 Å². The Morgan fingerprint density at radius 3 is 2.17 bits per heavy atom. The van der Waals surface area contributed by atoms with E-state index in [1.807, 2.05) is 6.07 Å². The first-order chi connectivity index (χ1) is 8.68. The Hall–Kier alpha value is -2.07. The van der Waals surface area contributed by atoms with Crippen molar-refractivity contribution in [1.82, 2.24) is 0 Å². The van der Waals surface area contributed by atoms with E-state index in [9.17, 15) is 9.59 Å². The molecule has 0 aliphatic heterocycles. The van der Waals surface area contributed by atoms with Crippen LogP contribution >= 0.6 is 11.8 Å². The molecule has 3 nitrogen and oxygen atoms in total. The smallest absolute Gasteiger partial charge is 0.249 e. The van der Waals surface area contributed by atoms with Crippen LogP contribution in [0.1, 0.15) is 20.7 Å². The van der Waals surface area contributed by atoms with Crippen LogP contribution in [0.15, 0.2) is 59.5 Å². The third-order valence-electron chi connectivity index (χ3n) is 2.36. The van der Waals surface area contributed by atoms with Crippen LogP contribution in [-0.2, 0) is 0 Å². The van der Waals surface area contributed by atoms with Gasteiger partial charge >= 0.3 is 0 Å². The van der Waals surface area contributed by atoms with Gasteiger partial charge in [-0.05, 0) is 23.9 Å². The molecule has 0 unspecified atom stereocenters. The Balaban J connectivity index is 2.25. The van der Waals surface area contributed by atoms with E-state index >= 15 is 0 Å². The van der Waals surface area contributed by atoms with Crippen LogP contribution in [0.3, 0.4) is 0 Å². The van der Waals surface area contributed by atoms with Crippen molar-refractivity contribution in [1.29, 1.82) is 0 Å². The van der Waals surface area contributed by atoms with E-state index in [2.05, 4.69) is 0 Å². The molecule has 4 heteroatoms. The molecule has 0 saturated carbocycles. The summed E-state index contributed by atoms with van der Waals surface area (Å²) in [7, 11) is 0. The second-order valence-electron chi connectivity index (χ2n) is 3.62. The molecule has 0 aliphatic rings. The minimum Gasteiger partial charge on any atom is -0.366 e. The van der Waals surface area contributed by atoms with E-state index in [0.717, 1.165) is 11.8 Å². The quantitative estimate of drug-likeness (QED) is 0.860. The highest BCUT2D eigenvalue weighted by molar-refractivity contribution is 8.14. The van der Waals surface area contributed by atoms with Gasteiger partial charge in [0.1, 0.15) is 0 Å². The van der Waals surface area contributed by atoms with Crippen LogP contribution in [0, 0.1) is 0 Å². The average molecular weight is 257 g/mol. The highest BCUT2D eigenvalue weighted by Crippen LogP contribution is 2.25. The van der Waals surface area contributed by atoms with Crippen molar-refractivity contribution in [2.24, 2.45) is 5.73 Å². The number of carbonyl (C=O) groups is 2. The third-order valence-corrected chi connectivity index (χ3v) is 3.36. The van der Waals surface area contributed by atoms with Crippen LogP contribution in [0.2, 0.25) is 0 Å². The van der Waals surface area contributed by atoms with E-state index in [1.165, 1.54) is 0 Å². The molecule has 2 rings (SSSR count). The fraction of sp³-hybridized carbons (Fsp3) is 0. The number of benzene rings is 2. The number of rotatable bonds is 3. The van der Waals surface area contributed by atoms with Crippen LogP contribution in [0.25, 0.3) is 0 Å². The lowest BCUT2D eigenvalue weighted by molar-refractivity contribution is 0.0997. The topological polar surface area (TPSA) is 60.2 Å². The molecule has 0 radical (unpaired) electrons. The standard InChI is InChI=1S/C14H11NO2S/c15-13(16)11-8-4-5-9-12(11)18-14(17)10-6-2-1-3-7-10/h1-9H,(H2,15,16). The molecule has 2 aromatic rings. The predicted octanol–water partition coefficient (Wildman–Crippen LogP) is 2.72. The Morgan fingerprint density at radius 1 is 0.889 bits per heavy atom. The van der Waals surface area contributed by atoms with Gasteiger partial charge in [-0.2, -0.15) is 0 Å². The Labute approximate surface area is 109 Å². The highest BCUT2D eigenvalue weighted by Gasteiger charge is 2.13. The molecule has 0 atom stereocenters. The second-order valence-corrected chi connectivity index (χ2v) is 4.63. The first-order valence-corrected chi connectivity index (χ1v) is 6.16. The van der Waals surface area contributed by atoms with Gasteiger partial charge in [-0.3, -0.25) is 9.59 Å². The lowest BCUT2D eigenvalue weighted by Crippen LogP contribution is -2.12. The molecule has 0 spiro atoms. The molecule has 0 aromatic heterocycles. The van der Waals surface area contributed by atoms with Gasteiger partial charge in [0, 0.05) is 10.5 Å². The number of hydrogen-bond donors (Lipinski definition) is 1. The van der Waals surface area contributed by atoms with Crippen LogP contribution in [-0.4, -0.2) is 11.0 Å².